The van der Waals surface area contributed by atoms with Gasteiger partial charge < -0.3 is 20.1 Å². The number of rotatable bonds is 7. The Morgan fingerprint density at radius 3 is 2.70 bits per heavy atom. The normalized spacial score (nSPS) is 17.1. The fraction of sp³-hybridized carbons (Fsp3) is 0.179. The number of anilines is 1. The SMILES string of the molecule is Cc1cc(-n2cccc2[C@H]2[C@H](c3ccccn3)NC(=S)N2CCC(=O)Nc2ccccc2F)ccc1Cl. The summed E-state index contributed by atoms with van der Waals surface area (Å²) in [6, 6.07) is 21.3. The van der Waals surface area contributed by atoms with E-state index >= 15 is 0 Å². The summed E-state index contributed by atoms with van der Waals surface area (Å²) in [6.45, 7) is 2.31. The van der Waals surface area contributed by atoms with Crippen molar-refractivity contribution >= 4 is 40.5 Å². The van der Waals surface area contributed by atoms with Gasteiger partial charge in [0, 0.05) is 41.8 Å². The Hall–Kier alpha value is -3.75. The highest BCUT2D eigenvalue weighted by Crippen LogP contribution is 2.39. The molecular formula is C28H25ClFN5OS. The second kappa shape index (κ2) is 10.7. The zero-order valence-electron chi connectivity index (χ0n) is 20.1. The summed E-state index contributed by atoms with van der Waals surface area (Å²) in [4.78, 5) is 19.3. The Morgan fingerprint density at radius 2 is 1.95 bits per heavy atom. The molecule has 1 aliphatic rings. The molecule has 6 nitrogen and oxygen atoms in total. The summed E-state index contributed by atoms with van der Waals surface area (Å²) >= 11 is 12.0. The first-order valence-corrected chi connectivity index (χ1v) is 12.7. The first-order chi connectivity index (χ1) is 17.9. The number of pyridine rings is 1. The van der Waals surface area contributed by atoms with Crippen molar-refractivity contribution in [2.75, 3.05) is 11.9 Å². The second-order valence-electron chi connectivity index (χ2n) is 8.83. The van der Waals surface area contributed by atoms with Crippen LogP contribution in [-0.2, 0) is 4.79 Å². The predicted octanol–water partition coefficient (Wildman–Crippen LogP) is 5.97. The van der Waals surface area contributed by atoms with Crippen LogP contribution in [0.4, 0.5) is 10.1 Å². The fourth-order valence-corrected chi connectivity index (χ4v) is 5.06. The van der Waals surface area contributed by atoms with Crippen LogP contribution >= 0.6 is 23.8 Å². The van der Waals surface area contributed by atoms with Gasteiger partial charge in [-0.05, 0) is 79.3 Å². The fourth-order valence-electron chi connectivity index (χ4n) is 4.61. The van der Waals surface area contributed by atoms with Gasteiger partial charge in [-0.3, -0.25) is 9.78 Å². The summed E-state index contributed by atoms with van der Waals surface area (Å²) in [7, 11) is 0. The van der Waals surface area contributed by atoms with Crippen molar-refractivity contribution in [3.8, 4) is 5.69 Å². The number of hydrogen-bond donors (Lipinski definition) is 2. The molecule has 3 heterocycles. The molecule has 0 radical (unpaired) electrons. The maximum atomic E-state index is 14.0. The maximum Gasteiger partial charge on any atom is 0.226 e. The molecule has 5 rings (SSSR count). The highest BCUT2D eigenvalue weighted by molar-refractivity contribution is 7.80. The Balaban J connectivity index is 1.46. The van der Waals surface area contributed by atoms with E-state index in [9.17, 15) is 9.18 Å². The summed E-state index contributed by atoms with van der Waals surface area (Å²) < 4.78 is 16.1. The number of carbonyl (C=O) groups is 1. The first kappa shape index (κ1) is 24.9. The van der Waals surface area contributed by atoms with Gasteiger partial charge in [-0.2, -0.15) is 0 Å². The molecule has 0 unspecified atom stereocenters. The molecule has 1 aliphatic heterocycles. The van der Waals surface area contributed by atoms with E-state index in [1.54, 1.807) is 18.3 Å². The lowest BCUT2D eigenvalue weighted by Crippen LogP contribution is -2.33. The Bertz CT molecular complexity index is 1440. The van der Waals surface area contributed by atoms with Gasteiger partial charge in [0.25, 0.3) is 0 Å². The van der Waals surface area contributed by atoms with Crippen LogP contribution in [0.2, 0.25) is 5.02 Å². The number of hydrogen-bond acceptors (Lipinski definition) is 3. The van der Waals surface area contributed by atoms with Crippen molar-refractivity contribution in [2.45, 2.75) is 25.4 Å². The van der Waals surface area contributed by atoms with E-state index in [1.807, 2.05) is 66.6 Å². The van der Waals surface area contributed by atoms with E-state index in [0.717, 1.165) is 22.6 Å². The molecule has 0 aliphatic carbocycles. The molecule has 1 saturated heterocycles. The molecular weight excluding hydrogens is 509 g/mol. The molecule has 0 saturated carbocycles. The Labute approximate surface area is 225 Å². The number of carbonyl (C=O) groups excluding carboxylic acids is 1. The molecule has 9 heteroatoms. The third-order valence-corrected chi connectivity index (χ3v) is 7.20. The van der Waals surface area contributed by atoms with E-state index in [4.69, 9.17) is 23.8 Å². The monoisotopic (exact) mass is 533 g/mol. The summed E-state index contributed by atoms with van der Waals surface area (Å²) in [6.07, 6.45) is 3.88. The van der Waals surface area contributed by atoms with E-state index in [0.29, 0.717) is 16.7 Å². The van der Waals surface area contributed by atoms with Gasteiger partial charge >= 0.3 is 0 Å². The second-order valence-corrected chi connectivity index (χ2v) is 9.63. The van der Waals surface area contributed by atoms with Gasteiger partial charge in [0.15, 0.2) is 5.11 Å². The van der Waals surface area contributed by atoms with Crippen LogP contribution in [0.1, 0.15) is 35.5 Å². The van der Waals surface area contributed by atoms with Crippen LogP contribution in [0.5, 0.6) is 0 Å². The van der Waals surface area contributed by atoms with Crippen LogP contribution in [0.15, 0.2) is 85.2 Å². The Morgan fingerprint density at radius 1 is 1.14 bits per heavy atom. The Kier molecular flexibility index (Phi) is 7.21. The molecule has 2 N–H and O–H groups in total. The molecule has 0 spiro atoms. The van der Waals surface area contributed by atoms with Gasteiger partial charge in [0.1, 0.15) is 5.82 Å². The number of nitrogens with one attached hydrogen (secondary N) is 2. The summed E-state index contributed by atoms with van der Waals surface area (Å²) in [5.41, 5.74) is 3.93. The van der Waals surface area contributed by atoms with Crippen LogP contribution in [0.3, 0.4) is 0 Å². The molecule has 37 heavy (non-hydrogen) atoms. The van der Waals surface area contributed by atoms with Crippen molar-refractivity contribution in [1.82, 2.24) is 19.8 Å². The zero-order valence-corrected chi connectivity index (χ0v) is 21.6. The average Bonchev–Trinajstić information content (AvgIpc) is 3.50. The third-order valence-electron chi connectivity index (χ3n) is 6.43. The topological polar surface area (TPSA) is 62.2 Å². The number of para-hydroxylation sites is 1. The lowest BCUT2D eigenvalue weighted by Gasteiger charge is -2.29. The van der Waals surface area contributed by atoms with Gasteiger partial charge in [0.05, 0.1) is 23.5 Å². The number of aromatic nitrogens is 2. The number of amides is 1. The van der Waals surface area contributed by atoms with E-state index < -0.39 is 5.82 Å². The van der Waals surface area contributed by atoms with Crippen LogP contribution < -0.4 is 10.6 Å². The molecule has 4 aromatic rings. The highest BCUT2D eigenvalue weighted by Gasteiger charge is 2.41. The minimum atomic E-state index is -0.474. The van der Waals surface area contributed by atoms with E-state index in [2.05, 4.69) is 20.2 Å². The maximum absolute atomic E-state index is 14.0. The number of nitrogens with zero attached hydrogens (tertiary/aromatic N) is 3. The van der Waals surface area contributed by atoms with Crippen LogP contribution in [0, 0.1) is 12.7 Å². The van der Waals surface area contributed by atoms with Gasteiger partial charge in [-0.25, -0.2) is 4.39 Å². The zero-order chi connectivity index (χ0) is 25.9. The van der Waals surface area contributed by atoms with Crippen molar-refractivity contribution in [3.05, 3.63) is 113 Å². The van der Waals surface area contributed by atoms with Crippen LogP contribution in [-0.4, -0.2) is 32.0 Å². The average molecular weight is 534 g/mol. The van der Waals surface area contributed by atoms with Gasteiger partial charge in [-0.1, -0.05) is 29.8 Å². The lowest BCUT2D eigenvalue weighted by atomic mass is 10.0. The molecule has 188 valence electrons. The minimum Gasteiger partial charge on any atom is -0.352 e. The number of aryl methyl sites for hydroxylation is 1. The third kappa shape index (κ3) is 5.21. The molecule has 0 bridgehead atoms. The first-order valence-electron chi connectivity index (χ1n) is 11.9. The molecule has 1 fully saturated rings. The molecule has 2 atom stereocenters. The molecule has 2 aromatic carbocycles. The molecule has 2 aromatic heterocycles. The number of benzene rings is 2. The van der Waals surface area contributed by atoms with Crippen molar-refractivity contribution in [1.29, 1.82) is 0 Å². The van der Waals surface area contributed by atoms with Crippen molar-refractivity contribution in [2.24, 2.45) is 0 Å². The van der Waals surface area contributed by atoms with Gasteiger partial charge in [0.2, 0.25) is 5.91 Å². The number of thiocarbonyl (C=S) groups is 1. The number of halogens is 2. The standard InChI is InChI=1S/C28H25ClFN5OS/c1-18-17-19(11-12-20(18)29)34-15-6-10-24(34)27-26(23-9-4-5-14-31-23)33-28(37)35(27)16-13-25(36)32-22-8-3-2-7-21(22)30/h2-12,14-15,17,26-27H,13,16H2,1H3,(H,32,36)(H,33,37)/t26-,27-/m0/s1. The van der Waals surface area contributed by atoms with Crippen molar-refractivity contribution in [3.63, 3.8) is 0 Å². The molecule has 1 amide bonds. The van der Waals surface area contributed by atoms with Crippen molar-refractivity contribution < 1.29 is 9.18 Å². The van der Waals surface area contributed by atoms with E-state index in [1.165, 1.54) is 12.1 Å². The summed E-state index contributed by atoms with van der Waals surface area (Å²) in [5.74, 6) is -0.768. The predicted molar refractivity (Wildman–Crippen MR) is 147 cm³/mol. The van der Waals surface area contributed by atoms with E-state index in [-0.39, 0.29) is 30.1 Å². The smallest absolute Gasteiger partial charge is 0.226 e. The lowest BCUT2D eigenvalue weighted by molar-refractivity contribution is -0.116. The highest BCUT2D eigenvalue weighted by atomic mass is 35.5. The minimum absolute atomic E-state index is 0.127. The quantitative estimate of drug-likeness (QED) is 0.286. The van der Waals surface area contributed by atoms with Crippen LogP contribution in [0.25, 0.3) is 5.69 Å². The largest absolute Gasteiger partial charge is 0.352 e. The van der Waals surface area contributed by atoms with Gasteiger partial charge in [-0.15, -0.1) is 0 Å². The summed E-state index contributed by atoms with van der Waals surface area (Å²) in [5, 5.41) is 7.30.